The first-order valence-electron chi connectivity index (χ1n) is 8.32. The van der Waals surface area contributed by atoms with E-state index in [-0.39, 0.29) is 0 Å². The van der Waals surface area contributed by atoms with Gasteiger partial charge in [-0.3, -0.25) is 0 Å². The van der Waals surface area contributed by atoms with E-state index < -0.39 is 0 Å². The van der Waals surface area contributed by atoms with Crippen molar-refractivity contribution < 1.29 is 0 Å². The number of nitrogens with one attached hydrogen (secondary N) is 1. The quantitative estimate of drug-likeness (QED) is 0.300. The lowest BCUT2D eigenvalue weighted by Gasteiger charge is -2.12. The Labute approximate surface area is 141 Å². The van der Waals surface area contributed by atoms with E-state index in [2.05, 4.69) is 72.0 Å². The molecule has 0 aromatic heterocycles. The molecule has 0 spiro atoms. The van der Waals surface area contributed by atoms with E-state index in [1.54, 1.807) is 6.20 Å². The Morgan fingerprint density at radius 3 is 2.38 bits per heavy atom. The van der Waals surface area contributed by atoms with Crippen molar-refractivity contribution in [1.82, 2.24) is 0 Å². The molecule has 0 radical (unpaired) electrons. The molecule has 0 aliphatic rings. The molecule has 0 bridgehead atoms. The van der Waals surface area contributed by atoms with Crippen LogP contribution in [0, 0.1) is 0 Å². The van der Waals surface area contributed by atoms with Crippen LogP contribution >= 0.6 is 0 Å². The fourth-order valence-electron chi connectivity index (χ4n) is 3.34. The normalized spacial score (nSPS) is 11.7. The zero-order valence-corrected chi connectivity index (χ0v) is 13.5. The average Bonchev–Trinajstić information content (AvgIpc) is 2.63. The number of rotatable bonds is 4. The van der Waals surface area contributed by atoms with Crippen LogP contribution in [0.25, 0.3) is 32.3 Å². The van der Waals surface area contributed by atoms with Crippen molar-refractivity contribution in [2.45, 2.75) is 6.42 Å². The highest BCUT2D eigenvalue weighted by molar-refractivity contribution is 6.16. The summed E-state index contributed by atoms with van der Waals surface area (Å²) in [6.07, 6.45) is 4.50. The Bertz CT molecular complexity index is 1050. The average molecular weight is 312 g/mol. The number of benzene rings is 4. The molecule has 4 aromatic carbocycles. The number of hydrogen-bond donors (Lipinski definition) is 2. The van der Waals surface area contributed by atoms with E-state index >= 15 is 0 Å². The highest BCUT2D eigenvalue weighted by Crippen LogP contribution is 2.33. The van der Waals surface area contributed by atoms with E-state index in [1.807, 2.05) is 6.08 Å². The van der Waals surface area contributed by atoms with E-state index in [0.717, 1.165) is 13.0 Å². The molecule has 0 saturated carbocycles. The molecule has 0 saturated heterocycles. The van der Waals surface area contributed by atoms with Gasteiger partial charge in [-0.25, -0.2) is 0 Å². The smallest absolute Gasteiger partial charge is 0.0426 e. The summed E-state index contributed by atoms with van der Waals surface area (Å²) in [5.41, 5.74) is 6.60. The van der Waals surface area contributed by atoms with E-state index in [0.29, 0.717) is 0 Å². The van der Waals surface area contributed by atoms with Crippen LogP contribution in [0.1, 0.15) is 6.42 Å². The van der Waals surface area contributed by atoms with Crippen LogP contribution in [-0.2, 0) is 0 Å². The lowest BCUT2D eigenvalue weighted by atomic mass is 9.97. The van der Waals surface area contributed by atoms with Gasteiger partial charge >= 0.3 is 0 Å². The second kappa shape index (κ2) is 6.25. The van der Waals surface area contributed by atoms with Gasteiger partial charge in [0.1, 0.15) is 0 Å². The maximum absolute atomic E-state index is 5.42. The molecule has 0 atom stereocenters. The lowest BCUT2D eigenvalue weighted by Crippen LogP contribution is -2.01. The first kappa shape index (κ1) is 14.6. The van der Waals surface area contributed by atoms with Crippen molar-refractivity contribution >= 4 is 38.0 Å². The molecule has 0 aliphatic carbocycles. The minimum absolute atomic E-state index is 0.872. The van der Waals surface area contributed by atoms with E-state index in [1.165, 1.54) is 38.0 Å². The molecule has 0 fully saturated rings. The molecule has 3 N–H and O–H groups in total. The predicted octanol–water partition coefficient (Wildman–Crippen LogP) is 5.42. The molecule has 4 rings (SSSR count). The first-order valence-corrected chi connectivity index (χ1v) is 8.32. The van der Waals surface area contributed by atoms with Gasteiger partial charge in [-0.1, -0.05) is 54.6 Å². The number of fused-ring (bicyclic) bond motifs is 4. The largest absolute Gasteiger partial charge is 0.405 e. The fourth-order valence-corrected chi connectivity index (χ4v) is 3.34. The molecule has 2 nitrogen and oxygen atoms in total. The maximum Gasteiger partial charge on any atom is 0.0426 e. The molecule has 0 amide bonds. The summed E-state index contributed by atoms with van der Waals surface area (Å²) in [4.78, 5) is 0. The Kier molecular flexibility index (Phi) is 3.80. The van der Waals surface area contributed by atoms with Gasteiger partial charge in [0, 0.05) is 17.6 Å². The highest BCUT2D eigenvalue weighted by atomic mass is 14.9. The molecule has 2 heteroatoms. The number of nitrogens with two attached hydrogens (primary N) is 1. The van der Waals surface area contributed by atoms with Crippen LogP contribution in [-0.4, -0.2) is 6.54 Å². The van der Waals surface area contributed by atoms with Gasteiger partial charge < -0.3 is 11.1 Å². The van der Waals surface area contributed by atoms with Crippen LogP contribution in [0.15, 0.2) is 79.0 Å². The van der Waals surface area contributed by atoms with Gasteiger partial charge in [0.25, 0.3) is 0 Å². The zero-order chi connectivity index (χ0) is 16.4. The molecule has 118 valence electrons. The summed E-state index contributed by atoms with van der Waals surface area (Å²) < 4.78 is 0. The number of anilines is 1. The summed E-state index contributed by atoms with van der Waals surface area (Å²) >= 11 is 0. The van der Waals surface area contributed by atoms with E-state index in [4.69, 9.17) is 5.73 Å². The standard InChI is InChI=1S/C22H20N2/c23-12-3-4-13-24-21-9-5-8-16-10-11-19-14-17-6-1-2-7-18(17)15-20(19)22(16)21/h1-3,5-12,14-15,24H,4,13,23H2. The van der Waals surface area contributed by atoms with Crippen LogP contribution in [0.3, 0.4) is 0 Å². The van der Waals surface area contributed by atoms with Crippen molar-refractivity contribution in [3.63, 3.8) is 0 Å². The molecule has 4 aromatic rings. The molecule has 0 unspecified atom stereocenters. The molecular weight excluding hydrogens is 292 g/mol. The Morgan fingerprint density at radius 2 is 1.54 bits per heavy atom. The van der Waals surface area contributed by atoms with Gasteiger partial charge in [0.2, 0.25) is 0 Å². The fraction of sp³-hybridized carbons (Fsp3) is 0.0909. The molecular formula is C22H20N2. The third-order valence-corrected chi connectivity index (χ3v) is 4.49. The summed E-state index contributed by atoms with van der Waals surface area (Å²) in [5.74, 6) is 0. The minimum atomic E-state index is 0.872. The van der Waals surface area contributed by atoms with Crippen LogP contribution in [0.5, 0.6) is 0 Å². The second-order valence-corrected chi connectivity index (χ2v) is 6.03. The number of hydrogen-bond acceptors (Lipinski definition) is 2. The zero-order valence-electron chi connectivity index (χ0n) is 13.5. The third-order valence-electron chi connectivity index (χ3n) is 4.49. The predicted molar refractivity (Wildman–Crippen MR) is 105 cm³/mol. The monoisotopic (exact) mass is 312 g/mol. The highest BCUT2D eigenvalue weighted by Gasteiger charge is 2.06. The van der Waals surface area contributed by atoms with E-state index in [9.17, 15) is 0 Å². The molecule has 0 heterocycles. The SMILES string of the molecule is NC=CCCNc1cccc2ccc3cc4ccccc4cc3c12. The Balaban J connectivity index is 1.92. The van der Waals surface area contributed by atoms with Gasteiger partial charge in [-0.2, -0.15) is 0 Å². The van der Waals surface area contributed by atoms with Gasteiger partial charge in [-0.05, 0) is 57.8 Å². The lowest BCUT2D eigenvalue weighted by molar-refractivity contribution is 1.07. The van der Waals surface area contributed by atoms with Crippen molar-refractivity contribution in [1.29, 1.82) is 0 Å². The van der Waals surface area contributed by atoms with Crippen molar-refractivity contribution in [2.75, 3.05) is 11.9 Å². The van der Waals surface area contributed by atoms with Gasteiger partial charge in [0.15, 0.2) is 0 Å². The maximum atomic E-state index is 5.42. The van der Waals surface area contributed by atoms with Crippen LogP contribution < -0.4 is 11.1 Å². The summed E-state index contributed by atoms with van der Waals surface area (Å²) in [6, 6.07) is 24.0. The second-order valence-electron chi connectivity index (χ2n) is 6.03. The minimum Gasteiger partial charge on any atom is -0.405 e. The summed E-state index contributed by atoms with van der Waals surface area (Å²) in [5, 5.41) is 11.2. The first-order chi connectivity index (χ1) is 11.9. The third kappa shape index (κ3) is 2.56. The Hall–Kier alpha value is -3.00. The van der Waals surface area contributed by atoms with Gasteiger partial charge in [-0.15, -0.1) is 0 Å². The van der Waals surface area contributed by atoms with Gasteiger partial charge in [0.05, 0.1) is 0 Å². The molecule has 24 heavy (non-hydrogen) atoms. The van der Waals surface area contributed by atoms with Crippen LogP contribution in [0.2, 0.25) is 0 Å². The summed E-state index contributed by atoms with van der Waals surface area (Å²) in [6.45, 7) is 0.872. The van der Waals surface area contributed by atoms with Crippen molar-refractivity contribution in [3.8, 4) is 0 Å². The summed E-state index contributed by atoms with van der Waals surface area (Å²) in [7, 11) is 0. The topological polar surface area (TPSA) is 38.0 Å². The Morgan fingerprint density at radius 1 is 0.792 bits per heavy atom. The van der Waals surface area contributed by atoms with Crippen LogP contribution in [0.4, 0.5) is 5.69 Å². The van der Waals surface area contributed by atoms with Crippen molar-refractivity contribution in [2.24, 2.45) is 5.73 Å². The van der Waals surface area contributed by atoms with Crippen molar-refractivity contribution in [3.05, 3.63) is 79.0 Å². The molecule has 0 aliphatic heterocycles.